The number of rotatable bonds is 8. The molecular weight excluding hydrogens is 330 g/mol. The Hall–Kier alpha value is -2.95. The molecule has 0 radical (unpaired) electrons. The van der Waals surface area contributed by atoms with Crippen molar-refractivity contribution < 1.29 is 19.7 Å². The number of amides is 1. The van der Waals surface area contributed by atoms with Gasteiger partial charge in [0.2, 0.25) is 5.91 Å². The lowest BCUT2D eigenvalue weighted by Crippen LogP contribution is -2.23. The first kappa shape index (κ1) is 19.4. The maximum Gasteiger partial charge on any atom is 0.244 e. The summed E-state index contributed by atoms with van der Waals surface area (Å²) in [5.74, 6) is 0.885. The minimum Gasteiger partial charge on any atom is -0.508 e. The molecule has 0 aliphatic carbocycles. The lowest BCUT2D eigenvalue weighted by Gasteiger charge is -2.10. The fourth-order valence-electron chi connectivity index (χ4n) is 2.23. The number of phenolic OH excluding ortho intramolecular Hbond substituents is 2. The summed E-state index contributed by atoms with van der Waals surface area (Å²) in [6.45, 7) is 5.08. The SMILES string of the molecule is CC(C)COc1cc(C=CC(=O)NCCc2ccc(O)cc2)ccc1O. The van der Waals surface area contributed by atoms with Crippen LogP contribution >= 0.6 is 0 Å². The van der Waals surface area contributed by atoms with Crippen LogP contribution in [0, 0.1) is 5.92 Å². The van der Waals surface area contributed by atoms with Crippen molar-refractivity contribution in [2.24, 2.45) is 5.92 Å². The predicted molar refractivity (Wildman–Crippen MR) is 102 cm³/mol. The van der Waals surface area contributed by atoms with Crippen LogP contribution in [0.4, 0.5) is 0 Å². The van der Waals surface area contributed by atoms with Crippen LogP contribution in [0.25, 0.3) is 6.08 Å². The number of hydrogen-bond acceptors (Lipinski definition) is 4. The molecule has 26 heavy (non-hydrogen) atoms. The maximum absolute atomic E-state index is 11.9. The van der Waals surface area contributed by atoms with Gasteiger partial charge in [-0.05, 0) is 53.8 Å². The number of aromatic hydroxyl groups is 2. The van der Waals surface area contributed by atoms with Gasteiger partial charge < -0.3 is 20.3 Å². The van der Waals surface area contributed by atoms with Crippen molar-refractivity contribution >= 4 is 12.0 Å². The molecule has 0 aliphatic rings. The van der Waals surface area contributed by atoms with Gasteiger partial charge in [0, 0.05) is 12.6 Å². The number of carbonyl (C=O) groups is 1. The predicted octanol–water partition coefficient (Wildman–Crippen LogP) is 3.50. The zero-order chi connectivity index (χ0) is 18.9. The molecule has 0 fully saturated rings. The topological polar surface area (TPSA) is 78.8 Å². The van der Waals surface area contributed by atoms with Crippen LogP contribution in [-0.4, -0.2) is 29.3 Å². The number of ether oxygens (including phenoxy) is 1. The molecule has 0 unspecified atom stereocenters. The molecule has 5 heteroatoms. The Labute approximate surface area is 153 Å². The van der Waals surface area contributed by atoms with Crippen LogP contribution in [-0.2, 0) is 11.2 Å². The molecule has 0 aliphatic heterocycles. The molecule has 2 aromatic rings. The fourth-order valence-corrected chi connectivity index (χ4v) is 2.23. The molecule has 0 spiro atoms. The molecular formula is C21H25NO4. The molecule has 2 rings (SSSR count). The highest BCUT2D eigenvalue weighted by Crippen LogP contribution is 2.27. The first-order valence-corrected chi connectivity index (χ1v) is 8.63. The van der Waals surface area contributed by atoms with Gasteiger partial charge in [-0.15, -0.1) is 0 Å². The smallest absolute Gasteiger partial charge is 0.244 e. The van der Waals surface area contributed by atoms with Gasteiger partial charge in [0.1, 0.15) is 5.75 Å². The maximum atomic E-state index is 11.9. The first-order valence-electron chi connectivity index (χ1n) is 8.63. The van der Waals surface area contributed by atoms with Gasteiger partial charge in [-0.25, -0.2) is 0 Å². The second-order valence-electron chi connectivity index (χ2n) is 6.47. The quantitative estimate of drug-likeness (QED) is 0.633. The van der Waals surface area contributed by atoms with Crippen LogP contribution in [0.5, 0.6) is 17.2 Å². The van der Waals surface area contributed by atoms with Crippen molar-refractivity contribution in [3.63, 3.8) is 0 Å². The standard InChI is InChI=1S/C21H25NO4/c1-15(2)14-26-20-13-17(5-9-19(20)24)6-10-21(25)22-12-11-16-3-7-18(23)8-4-16/h3-10,13,15,23-24H,11-12,14H2,1-2H3,(H,22,25). The molecule has 0 saturated carbocycles. The van der Waals surface area contributed by atoms with Crippen molar-refractivity contribution in [2.75, 3.05) is 13.2 Å². The number of benzene rings is 2. The Morgan fingerprint density at radius 2 is 1.88 bits per heavy atom. The third-order valence-corrected chi connectivity index (χ3v) is 3.63. The average Bonchev–Trinajstić information content (AvgIpc) is 2.61. The number of carbonyl (C=O) groups excluding carboxylic acids is 1. The van der Waals surface area contributed by atoms with E-state index < -0.39 is 0 Å². The highest BCUT2D eigenvalue weighted by molar-refractivity contribution is 5.91. The van der Waals surface area contributed by atoms with Crippen LogP contribution in [0.3, 0.4) is 0 Å². The zero-order valence-electron chi connectivity index (χ0n) is 15.1. The molecule has 0 bridgehead atoms. The number of phenols is 2. The molecule has 2 aromatic carbocycles. The average molecular weight is 355 g/mol. The highest BCUT2D eigenvalue weighted by atomic mass is 16.5. The fraction of sp³-hybridized carbons (Fsp3) is 0.286. The Balaban J connectivity index is 1.85. The van der Waals surface area contributed by atoms with Crippen LogP contribution in [0.1, 0.15) is 25.0 Å². The Morgan fingerprint density at radius 1 is 1.15 bits per heavy atom. The van der Waals surface area contributed by atoms with E-state index in [9.17, 15) is 15.0 Å². The molecule has 0 saturated heterocycles. The van der Waals surface area contributed by atoms with Crippen LogP contribution in [0.2, 0.25) is 0 Å². The largest absolute Gasteiger partial charge is 0.508 e. The van der Waals surface area contributed by atoms with E-state index in [1.807, 2.05) is 26.0 Å². The third-order valence-electron chi connectivity index (χ3n) is 3.63. The summed E-state index contributed by atoms with van der Waals surface area (Å²) in [4.78, 5) is 11.9. The zero-order valence-corrected chi connectivity index (χ0v) is 15.1. The highest BCUT2D eigenvalue weighted by Gasteiger charge is 2.05. The summed E-state index contributed by atoms with van der Waals surface area (Å²) in [5.41, 5.74) is 1.81. The summed E-state index contributed by atoms with van der Waals surface area (Å²) in [7, 11) is 0. The Bertz CT molecular complexity index is 751. The normalized spacial score (nSPS) is 11.0. The van der Waals surface area contributed by atoms with E-state index in [1.54, 1.807) is 36.4 Å². The van der Waals surface area contributed by atoms with E-state index in [4.69, 9.17) is 4.74 Å². The van der Waals surface area contributed by atoms with Gasteiger partial charge in [-0.3, -0.25) is 4.79 Å². The van der Waals surface area contributed by atoms with Crippen molar-refractivity contribution in [3.8, 4) is 17.2 Å². The summed E-state index contributed by atoms with van der Waals surface area (Å²) in [6, 6.07) is 11.9. The van der Waals surface area contributed by atoms with Gasteiger partial charge in [0.15, 0.2) is 11.5 Å². The number of nitrogens with one attached hydrogen (secondary N) is 1. The molecule has 138 valence electrons. The molecule has 1 amide bonds. The van der Waals surface area contributed by atoms with E-state index in [-0.39, 0.29) is 17.4 Å². The van der Waals surface area contributed by atoms with Crippen molar-refractivity contribution in [2.45, 2.75) is 20.3 Å². The van der Waals surface area contributed by atoms with Crippen molar-refractivity contribution in [1.29, 1.82) is 0 Å². The molecule has 3 N–H and O–H groups in total. The second kappa shape index (κ2) is 9.51. The minimum absolute atomic E-state index is 0.0844. The van der Waals surface area contributed by atoms with E-state index in [1.165, 1.54) is 6.08 Å². The lowest BCUT2D eigenvalue weighted by atomic mass is 10.1. The molecule has 0 aromatic heterocycles. The van der Waals surface area contributed by atoms with Crippen molar-refractivity contribution in [3.05, 3.63) is 59.7 Å². The molecule has 0 heterocycles. The lowest BCUT2D eigenvalue weighted by molar-refractivity contribution is -0.116. The third kappa shape index (κ3) is 6.51. The molecule has 0 atom stereocenters. The van der Waals surface area contributed by atoms with Crippen LogP contribution in [0.15, 0.2) is 48.5 Å². The van der Waals surface area contributed by atoms with Gasteiger partial charge in [0.25, 0.3) is 0 Å². The second-order valence-corrected chi connectivity index (χ2v) is 6.47. The van der Waals surface area contributed by atoms with Gasteiger partial charge in [0.05, 0.1) is 6.61 Å². The van der Waals surface area contributed by atoms with Gasteiger partial charge in [-0.2, -0.15) is 0 Å². The van der Waals surface area contributed by atoms with Crippen LogP contribution < -0.4 is 10.1 Å². The van der Waals surface area contributed by atoms with E-state index in [2.05, 4.69) is 5.32 Å². The first-order chi connectivity index (χ1) is 12.4. The molecule has 5 nitrogen and oxygen atoms in total. The Kier molecular flexibility index (Phi) is 7.09. The van der Waals surface area contributed by atoms with Crippen molar-refractivity contribution in [1.82, 2.24) is 5.32 Å². The summed E-state index contributed by atoms with van der Waals surface area (Å²) >= 11 is 0. The monoisotopic (exact) mass is 355 g/mol. The minimum atomic E-state index is -0.193. The summed E-state index contributed by atoms with van der Waals surface area (Å²) in [6.07, 6.45) is 3.82. The van der Waals surface area contributed by atoms with Gasteiger partial charge >= 0.3 is 0 Å². The van der Waals surface area contributed by atoms with Gasteiger partial charge in [-0.1, -0.05) is 32.0 Å². The number of hydrogen-bond donors (Lipinski definition) is 3. The summed E-state index contributed by atoms with van der Waals surface area (Å²) in [5, 5.41) is 21.9. The van der Waals surface area contributed by atoms with E-state index >= 15 is 0 Å². The Morgan fingerprint density at radius 3 is 2.58 bits per heavy atom. The summed E-state index contributed by atoms with van der Waals surface area (Å²) < 4.78 is 5.57. The van der Waals surface area contributed by atoms with E-state index in [0.717, 1.165) is 11.1 Å². The van der Waals surface area contributed by atoms with E-state index in [0.29, 0.717) is 31.2 Å².